The second-order valence-electron chi connectivity index (χ2n) is 6.94. The smallest absolute Gasteiger partial charge is 0.227 e. The first kappa shape index (κ1) is 18.2. The largest absolute Gasteiger partial charge is 0.326 e. The highest BCUT2D eigenvalue weighted by atomic mass is 16.1. The summed E-state index contributed by atoms with van der Waals surface area (Å²) >= 11 is 0. The Balaban J connectivity index is 1.52. The van der Waals surface area contributed by atoms with E-state index in [1.54, 1.807) is 0 Å². The summed E-state index contributed by atoms with van der Waals surface area (Å²) in [6.07, 6.45) is 5.59. The summed E-state index contributed by atoms with van der Waals surface area (Å²) in [4.78, 5) is 12.4. The van der Waals surface area contributed by atoms with Crippen molar-refractivity contribution in [2.45, 2.75) is 45.2 Å². The molecule has 2 aromatic carbocycles. The molecular formula is C22H25N3O. The van der Waals surface area contributed by atoms with Gasteiger partial charge in [0.05, 0.1) is 11.6 Å². The molecule has 4 heteroatoms. The number of benzene rings is 2. The van der Waals surface area contributed by atoms with E-state index in [4.69, 9.17) is 5.26 Å². The fourth-order valence-corrected chi connectivity index (χ4v) is 3.47. The first-order valence-electron chi connectivity index (χ1n) is 9.34. The van der Waals surface area contributed by atoms with Crippen molar-refractivity contribution in [1.29, 1.82) is 5.26 Å². The normalized spacial score (nSPS) is 14.6. The van der Waals surface area contributed by atoms with Crippen molar-refractivity contribution in [2.24, 2.45) is 5.92 Å². The van der Waals surface area contributed by atoms with Gasteiger partial charge in [0, 0.05) is 24.7 Å². The van der Waals surface area contributed by atoms with Gasteiger partial charge in [-0.05, 0) is 48.2 Å². The van der Waals surface area contributed by atoms with Crippen LogP contribution in [0.4, 0.5) is 5.69 Å². The molecule has 1 fully saturated rings. The molecule has 0 radical (unpaired) electrons. The fraction of sp³-hybridized carbons (Fsp3) is 0.364. The molecule has 1 amide bonds. The van der Waals surface area contributed by atoms with E-state index in [1.807, 2.05) is 42.5 Å². The molecule has 1 aliphatic rings. The standard InChI is InChI=1S/C22H25N3O/c23-14-17-6-4-7-18(12-17)15-24-16-19-8-5-11-21(13-19)25-22(26)20-9-2-1-3-10-20/h4-8,11-13,20,24H,1-3,9-10,15-16H2,(H,25,26). The molecule has 134 valence electrons. The van der Waals surface area contributed by atoms with E-state index in [0.717, 1.165) is 42.5 Å². The molecule has 26 heavy (non-hydrogen) atoms. The number of amides is 1. The third-order valence-corrected chi connectivity index (χ3v) is 4.88. The number of rotatable bonds is 6. The molecule has 1 saturated carbocycles. The maximum absolute atomic E-state index is 12.4. The van der Waals surface area contributed by atoms with Crippen LogP contribution in [0.5, 0.6) is 0 Å². The van der Waals surface area contributed by atoms with E-state index in [2.05, 4.69) is 22.8 Å². The summed E-state index contributed by atoms with van der Waals surface area (Å²) in [5.74, 6) is 0.320. The number of carbonyl (C=O) groups excluding carboxylic acids is 1. The summed E-state index contributed by atoms with van der Waals surface area (Å²) in [7, 11) is 0. The van der Waals surface area contributed by atoms with Crippen LogP contribution in [0.3, 0.4) is 0 Å². The van der Waals surface area contributed by atoms with Crippen LogP contribution in [-0.2, 0) is 17.9 Å². The Hall–Kier alpha value is -2.64. The second-order valence-corrected chi connectivity index (χ2v) is 6.94. The zero-order valence-electron chi connectivity index (χ0n) is 15.0. The molecule has 0 bridgehead atoms. The zero-order chi connectivity index (χ0) is 18.2. The van der Waals surface area contributed by atoms with Gasteiger partial charge in [0.1, 0.15) is 0 Å². The van der Waals surface area contributed by atoms with Gasteiger partial charge in [-0.25, -0.2) is 0 Å². The number of nitrogens with one attached hydrogen (secondary N) is 2. The summed E-state index contributed by atoms with van der Waals surface area (Å²) < 4.78 is 0. The molecule has 0 heterocycles. The Morgan fingerprint density at radius 3 is 2.42 bits per heavy atom. The van der Waals surface area contributed by atoms with Crippen molar-refractivity contribution in [3.05, 3.63) is 65.2 Å². The van der Waals surface area contributed by atoms with Crippen LogP contribution in [0.2, 0.25) is 0 Å². The minimum atomic E-state index is 0.156. The molecule has 3 rings (SSSR count). The number of hydrogen-bond acceptors (Lipinski definition) is 3. The highest BCUT2D eigenvalue weighted by molar-refractivity contribution is 5.92. The molecule has 0 saturated heterocycles. The van der Waals surface area contributed by atoms with Gasteiger partial charge in [-0.2, -0.15) is 5.26 Å². The Morgan fingerprint density at radius 2 is 1.69 bits per heavy atom. The SMILES string of the molecule is N#Cc1cccc(CNCc2cccc(NC(=O)C3CCCCC3)c2)c1. The van der Waals surface area contributed by atoms with Crippen LogP contribution in [0.15, 0.2) is 48.5 Å². The molecule has 2 N–H and O–H groups in total. The molecular weight excluding hydrogens is 322 g/mol. The zero-order valence-corrected chi connectivity index (χ0v) is 15.0. The van der Waals surface area contributed by atoms with Crippen LogP contribution in [0, 0.1) is 17.2 Å². The Labute approximate surface area is 155 Å². The number of nitrogens with zero attached hydrogens (tertiary/aromatic N) is 1. The van der Waals surface area contributed by atoms with Gasteiger partial charge in [0.15, 0.2) is 0 Å². The van der Waals surface area contributed by atoms with Crippen molar-refractivity contribution in [3.63, 3.8) is 0 Å². The van der Waals surface area contributed by atoms with Crippen molar-refractivity contribution in [2.75, 3.05) is 5.32 Å². The molecule has 0 spiro atoms. The van der Waals surface area contributed by atoms with Crippen LogP contribution in [0.25, 0.3) is 0 Å². The van der Waals surface area contributed by atoms with Gasteiger partial charge in [-0.15, -0.1) is 0 Å². The lowest BCUT2D eigenvalue weighted by Gasteiger charge is -2.20. The number of carbonyl (C=O) groups is 1. The fourth-order valence-electron chi connectivity index (χ4n) is 3.47. The predicted octanol–water partition coefficient (Wildman–Crippen LogP) is 4.37. The van der Waals surface area contributed by atoms with Crippen molar-refractivity contribution < 1.29 is 4.79 Å². The number of anilines is 1. The molecule has 0 aromatic heterocycles. The maximum atomic E-state index is 12.4. The van der Waals surface area contributed by atoms with Crippen LogP contribution >= 0.6 is 0 Å². The third-order valence-electron chi connectivity index (χ3n) is 4.88. The van der Waals surface area contributed by atoms with Crippen LogP contribution < -0.4 is 10.6 Å². The minimum Gasteiger partial charge on any atom is -0.326 e. The molecule has 1 aliphatic carbocycles. The summed E-state index contributed by atoms with van der Waals surface area (Å²) in [5.41, 5.74) is 3.76. The van der Waals surface area contributed by atoms with Crippen molar-refractivity contribution >= 4 is 11.6 Å². The topological polar surface area (TPSA) is 64.9 Å². The Morgan fingerprint density at radius 1 is 1.00 bits per heavy atom. The second kappa shape index (κ2) is 9.17. The molecule has 4 nitrogen and oxygen atoms in total. The highest BCUT2D eigenvalue weighted by Crippen LogP contribution is 2.25. The Kier molecular flexibility index (Phi) is 6.40. The van der Waals surface area contributed by atoms with E-state index in [-0.39, 0.29) is 11.8 Å². The predicted molar refractivity (Wildman–Crippen MR) is 103 cm³/mol. The van der Waals surface area contributed by atoms with E-state index < -0.39 is 0 Å². The molecule has 0 unspecified atom stereocenters. The number of nitriles is 1. The minimum absolute atomic E-state index is 0.156. The van der Waals surface area contributed by atoms with Gasteiger partial charge < -0.3 is 10.6 Å². The van der Waals surface area contributed by atoms with Gasteiger partial charge >= 0.3 is 0 Å². The van der Waals surface area contributed by atoms with E-state index in [9.17, 15) is 4.79 Å². The number of hydrogen-bond donors (Lipinski definition) is 2. The Bertz CT molecular complexity index is 788. The summed E-state index contributed by atoms with van der Waals surface area (Å²) in [6, 6.07) is 17.8. The lowest BCUT2D eigenvalue weighted by Crippen LogP contribution is -2.24. The summed E-state index contributed by atoms with van der Waals surface area (Å²) in [5, 5.41) is 15.4. The highest BCUT2D eigenvalue weighted by Gasteiger charge is 2.20. The van der Waals surface area contributed by atoms with E-state index in [0.29, 0.717) is 18.7 Å². The van der Waals surface area contributed by atoms with Gasteiger partial charge in [-0.1, -0.05) is 43.5 Å². The average Bonchev–Trinajstić information content (AvgIpc) is 2.69. The monoisotopic (exact) mass is 347 g/mol. The third kappa shape index (κ3) is 5.18. The van der Waals surface area contributed by atoms with Crippen molar-refractivity contribution in [1.82, 2.24) is 5.32 Å². The van der Waals surface area contributed by atoms with Crippen molar-refractivity contribution in [3.8, 4) is 6.07 Å². The van der Waals surface area contributed by atoms with Crippen LogP contribution in [0.1, 0.15) is 48.8 Å². The lowest BCUT2D eigenvalue weighted by atomic mass is 9.88. The quantitative estimate of drug-likeness (QED) is 0.815. The summed E-state index contributed by atoms with van der Waals surface area (Å²) in [6.45, 7) is 1.41. The lowest BCUT2D eigenvalue weighted by molar-refractivity contribution is -0.120. The van der Waals surface area contributed by atoms with Gasteiger partial charge in [0.25, 0.3) is 0 Å². The first-order valence-corrected chi connectivity index (χ1v) is 9.34. The average molecular weight is 347 g/mol. The molecule has 2 aromatic rings. The van der Waals surface area contributed by atoms with E-state index >= 15 is 0 Å². The van der Waals surface area contributed by atoms with E-state index in [1.165, 1.54) is 6.42 Å². The van der Waals surface area contributed by atoms with Gasteiger partial charge in [-0.3, -0.25) is 4.79 Å². The first-order chi connectivity index (χ1) is 12.7. The van der Waals surface area contributed by atoms with Gasteiger partial charge in [0.2, 0.25) is 5.91 Å². The molecule has 0 aliphatic heterocycles. The maximum Gasteiger partial charge on any atom is 0.227 e. The molecule has 0 atom stereocenters. The van der Waals surface area contributed by atoms with Crippen LogP contribution in [-0.4, -0.2) is 5.91 Å².